The van der Waals surface area contributed by atoms with Crippen molar-refractivity contribution in [2.24, 2.45) is 0 Å². The molecule has 0 atom stereocenters. The molecule has 0 unspecified atom stereocenters. The van der Waals surface area contributed by atoms with E-state index in [1.165, 1.54) is 6.33 Å². The summed E-state index contributed by atoms with van der Waals surface area (Å²) in [5.41, 5.74) is 1.45. The maximum Gasteiger partial charge on any atom is 0.200 e. The minimum Gasteiger partial charge on any atom is -0.253 e. The van der Waals surface area contributed by atoms with E-state index in [9.17, 15) is 0 Å². The van der Waals surface area contributed by atoms with Crippen LogP contribution in [0.15, 0.2) is 61.4 Å². The first kappa shape index (κ1) is 13.3. The standard InChI is InChI=1S/C15H12N8/c1-3-7-17-12(5-1)14-20-15(13-6-2-4-8-18-13)23(21-14)11-22-10-16-9-19-22/h1-10H,11H2. The van der Waals surface area contributed by atoms with Crippen molar-refractivity contribution < 1.29 is 0 Å². The van der Waals surface area contributed by atoms with Crippen LogP contribution >= 0.6 is 0 Å². The molecule has 8 nitrogen and oxygen atoms in total. The SMILES string of the molecule is c1ccc(-c2nc(-c3ccccn3)n(Cn3cncn3)n2)nc1. The van der Waals surface area contributed by atoms with Crippen LogP contribution < -0.4 is 0 Å². The van der Waals surface area contributed by atoms with Gasteiger partial charge in [-0.1, -0.05) is 12.1 Å². The van der Waals surface area contributed by atoms with Crippen molar-refractivity contribution in [3.05, 3.63) is 61.4 Å². The minimum atomic E-state index is 0.395. The van der Waals surface area contributed by atoms with Crippen molar-refractivity contribution in [1.82, 2.24) is 39.5 Å². The van der Waals surface area contributed by atoms with E-state index in [1.807, 2.05) is 36.4 Å². The third-order valence-electron chi connectivity index (χ3n) is 3.21. The van der Waals surface area contributed by atoms with Gasteiger partial charge in [0.05, 0.1) is 0 Å². The van der Waals surface area contributed by atoms with Crippen molar-refractivity contribution in [1.29, 1.82) is 0 Å². The molecule has 0 spiro atoms. The van der Waals surface area contributed by atoms with Crippen LogP contribution in [0.25, 0.3) is 23.0 Å². The molecule has 4 aromatic heterocycles. The van der Waals surface area contributed by atoms with Crippen LogP contribution in [0.3, 0.4) is 0 Å². The maximum atomic E-state index is 4.60. The highest BCUT2D eigenvalue weighted by molar-refractivity contribution is 5.56. The Kier molecular flexibility index (Phi) is 3.32. The van der Waals surface area contributed by atoms with Crippen molar-refractivity contribution in [2.45, 2.75) is 6.67 Å². The average Bonchev–Trinajstić information content (AvgIpc) is 3.27. The minimum absolute atomic E-state index is 0.395. The van der Waals surface area contributed by atoms with Crippen molar-refractivity contribution in [3.63, 3.8) is 0 Å². The van der Waals surface area contributed by atoms with Crippen LogP contribution in [0.1, 0.15) is 0 Å². The molecular formula is C15H12N8. The number of nitrogens with zero attached hydrogens (tertiary/aromatic N) is 8. The van der Waals surface area contributed by atoms with Gasteiger partial charge in [-0.25, -0.2) is 19.3 Å². The number of hydrogen-bond acceptors (Lipinski definition) is 6. The van der Waals surface area contributed by atoms with E-state index in [2.05, 4.69) is 30.1 Å². The second kappa shape index (κ2) is 5.76. The molecule has 0 amide bonds. The fourth-order valence-electron chi connectivity index (χ4n) is 2.17. The molecule has 8 heteroatoms. The Morgan fingerprint density at radius 1 is 0.913 bits per heavy atom. The van der Waals surface area contributed by atoms with Crippen LogP contribution in [-0.2, 0) is 6.67 Å². The van der Waals surface area contributed by atoms with Crippen LogP contribution in [0.2, 0.25) is 0 Å². The lowest BCUT2D eigenvalue weighted by atomic mass is 10.3. The van der Waals surface area contributed by atoms with Gasteiger partial charge in [0.2, 0.25) is 0 Å². The number of aromatic nitrogens is 8. The predicted molar refractivity (Wildman–Crippen MR) is 81.9 cm³/mol. The van der Waals surface area contributed by atoms with Gasteiger partial charge >= 0.3 is 0 Å². The second-order valence-corrected chi connectivity index (χ2v) is 4.76. The summed E-state index contributed by atoms with van der Waals surface area (Å²) >= 11 is 0. The highest BCUT2D eigenvalue weighted by atomic mass is 15.5. The van der Waals surface area contributed by atoms with Crippen molar-refractivity contribution >= 4 is 0 Å². The molecule has 0 aliphatic carbocycles. The molecule has 0 aromatic carbocycles. The monoisotopic (exact) mass is 304 g/mol. The smallest absolute Gasteiger partial charge is 0.200 e. The van der Waals surface area contributed by atoms with Gasteiger partial charge in [0.25, 0.3) is 0 Å². The molecule has 0 fully saturated rings. The van der Waals surface area contributed by atoms with Gasteiger partial charge in [-0.3, -0.25) is 9.97 Å². The van der Waals surface area contributed by atoms with Crippen molar-refractivity contribution in [3.8, 4) is 23.0 Å². The lowest BCUT2D eigenvalue weighted by Gasteiger charge is -2.04. The molecule has 23 heavy (non-hydrogen) atoms. The number of hydrogen-bond donors (Lipinski definition) is 0. The Hall–Kier alpha value is -3.42. The van der Waals surface area contributed by atoms with Crippen LogP contribution in [-0.4, -0.2) is 39.5 Å². The Bertz CT molecular complexity index is 884. The molecule has 0 radical (unpaired) electrons. The summed E-state index contributed by atoms with van der Waals surface area (Å²) in [6.07, 6.45) is 6.56. The molecule has 0 aliphatic rings. The number of rotatable bonds is 4. The summed E-state index contributed by atoms with van der Waals surface area (Å²) in [6, 6.07) is 11.3. The summed E-state index contributed by atoms with van der Waals surface area (Å²) in [4.78, 5) is 17.2. The third kappa shape index (κ3) is 2.69. The van der Waals surface area contributed by atoms with Gasteiger partial charge < -0.3 is 0 Å². The van der Waals surface area contributed by atoms with E-state index in [0.717, 1.165) is 5.69 Å². The quantitative estimate of drug-likeness (QED) is 0.568. The zero-order valence-electron chi connectivity index (χ0n) is 12.1. The molecular weight excluding hydrogens is 292 g/mol. The van der Waals surface area contributed by atoms with E-state index < -0.39 is 0 Å². The van der Waals surface area contributed by atoms with Gasteiger partial charge in [0.1, 0.15) is 30.7 Å². The summed E-state index contributed by atoms with van der Waals surface area (Å²) in [5, 5.41) is 8.66. The van der Waals surface area contributed by atoms with Crippen molar-refractivity contribution in [2.75, 3.05) is 0 Å². The van der Waals surface area contributed by atoms with Gasteiger partial charge in [-0.05, 0) is 24.3 Å². The van der Waals surface area contributed by atoms with E-state index in [4.69, 9.17) is 0 Å². The van der Waals surface area contributed by atoms with Gasteiger partial charge in [0.15, 0.2) is 11.6 Å². The molecule has 0 bridgehead atoms. The Morgan fingerprint density at radius 2 is 1.70 bits per heavy atom. The van der Waals surface area contributed by atoms with Gasteiger partial charge in [-0.15, -0.1) is 5.10 Å². The van der Waals surface area contributed by atoms with E-state index in [0.29, 0.717) is 24.0 Å². The topological polar surface area (TPSA) is 87.2 Å². The zero-order chi connectivity index (χ0) is 15.5. The fraction of sp³-hybridized carbons (Fsp3) is 0.0667. The predicted octanol–water partition coefficient (Wildman–Crippen LogP) is 1.50. The Morgan fingerprint density at radius 3 is 2.35 bits per heavy atom. The van der Waals surface area contributed by atoms with Gasteiger partial charge in [-0.2, -0.15) is 5.10 Å². The normalized spacial score (nSPS) is 10.8. The first-order valence-corrected chi connectivity index (χ1v) is 7.00. The molecule has 4 aromatic rings. The third-order valence-corrected chi connectivity index (χ3v) is 3.21. The highest BCUT2D eigenvalue weighted by Gasteiger charge is 2.15. The second-order valence-electron chi connectivity index (χ2n) is 4.76. The van der Waals surface area contributed by atoms with E-state index >= 15 is 0 Å². The lowest BCUT2D eigenvalue weighted by Crippen LogP contribution is -2.11. The lowest BCUT2D eigenvalue weighted by molar-refractivity contribution is 0.505. The molecule has 4 heterocycles. The molecule has 112 valence electrons. The van der Waals surface area contributed by atoms with E-state index in [-0.39, 0.29) is 0 Å². The maximum absolute atomic E-state index is 4.60. The Balaban J connectivity index is 1.80. The summed E-state index contributed by atoms with van der Waals surface area (Å²) in [5.74, 6) is 1.20. The summed E-state index contributed by atoms with van der Waals surface area (Å²) < 4.78 is 3.41. The first-order chi connectivity index (χ1) is 11.4. The first-order valence-electron chi connectivity index (χ1n) is 7.00. The summed E-state index contributed by atoms with van der Waals surface area (Å²) in [7, 11) is 0. The van der Waals surface area contributed by atoms with Gasteiger partial charge in [0, 0.05) is 12.4 Å². The van der Waals surface area contributed by atoms with Crippen LogP contribution in [0, 0.1) is 0 Å². The largest absolute Gasteiger partial charge is 0.253 e. The summed E-state index contributed by atoms with van der Waals surface area (Å²) in [6.45, 7) is 0.395. The zero-order valence-corrected chi connectivity index (χ0v) is 12.1. The molecule has 0 saturated heterocycles. The number of pyridine rings is 2. The molecule has 0 aliphatic heterocycles. The molecule has 4 rings (SSSR count). The van der Waals surface area contributed by atoms with E-state index in [1.54, 1.807) is 28.1 Å². The Labute approximate surface area is 131 Å². The van der Waals surface area contributed by atoms with Crippen LogP contribution in [0.4, 0.5) is 0 Å². The highest BCUT2D eigenvalue weighted by Crippen LogP contribution is 2.19. The fourth-order valence-corrected chi connectivity index (χ4v) is 2.17. The molecule has 0 saturated carbocycles. The average molecular weight is 304 g/mol. The van der Waals surface area contributed by atoms with Crippen LogP contribution in [0.5, 0.6) is 0 Å². The molecule has 0 N–H and O–H groups in total.